The molecular weight excluding hydrogens is 344 g/mol. The predicted molar refractivity (Wildman–Crippen MR) is 101 cm³/mol. The van der Waals surface area contributed by atoms with Gasteiger partial charge in [-0.25, -0.2) is 0 Å². The van der Waals surface area contributed by atoms with Gasteiger partial charge in [0.2, 0.25) is 0 Å². The first-order chi connectivity index (χ1) is 11.7. The first kappa shape index (κ1) is 24.2. The highest BCUT2D eigenvalue weighted by atomic mass is 32.1. The Kier molecular flexibility index (Phi) is 12.1. The van der Waals surface area contributed by atoms with Gasteiger partial charge in [-0.2, -0.15) is 17.5 Å². The van der Waals surface area contributed by atoms with E-state index < -0.39 is 24.2 Å². The number of nitroso groups, excluding NO2 is 1. The zero-order chi connectivity index (χ0) is 19.6. The number of thiol groups is 1. The van der Waals surface area contributed by atoms with Gasteiger partial charge in [-0.1, -0.05) is 25.9 Å². The molecule has 0 rings (SSSR count). The number of carbonyl (C=O) groups is 1. The molecule has 0 aromatic heterocycles. The van der Waals surface area contributed by atoms with Crippen molar-refractivity contribution in [3.05, 3.63) is 4.91 Å². The molecule has 8 heteroatoms. The van der Waals surface area contributed by atoms with Gasteiger partial charge in [0.1, 0.15) is 12.3 Å². The zero-order valence-electron chi connectivity index (χ0n) is 15.5. The SMILES string of the molecule is COCC(N=O)C(O)C(C)C(=N)[C@H](C)CC(O)C[C@@H](C)CC(S)C=O. The minimum Gasteiger partial charge on any atom is -0.393 e. The Hall–Kier alpha value is -0.830. The number of methoxy groups -OCH3 is 1. The van der Waals surface area contributed by atoms with Crippen molar-refractivity contribution in [1.82, 2.24) is 0 Å². The monoisotopic (exact) mass is 376 g/mol. The van der Waals surface area contributed by atoms with E-state index in [0.29, 0.717) is 19.3 Å². The molecule has 0 aliphatic carbocycles. The molecule has 0 fully saturated rings. The van der Waals surface area contributed by atoms with Crippen molar-refractivity contribution in [3.63, 3.8) is 0 Å². The number of nitrogens with zero attached hydrogens (tertiary/aromatic N) is 1. The predicted octanol–water partition coefficient (Wildman–Crippen LogP) is 2.09. The summed E-state index contributed by atoms with van der Waals surface area (Å²) in [5, 5.41) is 31.2. The Morgan fingerprint density at radius 3 is 2.32 bits per heavy atom. The Balaban J connectivity index is 4.56. The van der Waals surface area contributed by atoms with Gasteiger partial charge < -0.3 is 25.2 Å². The summed E-state index contributed by atoms with van der Waals surface area (Å²) in [6, 6.07) is -0.923. The first-order valence-electron chi connectivity index (χ1n) is 8.57. The van der Waals surface area contributed by atoms with Gasteiger partial charge in [0.25, 0.3) is 0 Å². The van der Waals surface area contributed by atoms with Crippen molar-refractivity contribution < 1.29 is 19.7 Å². The first-order valence-corrected chi connectivity index (χ1v) is 9.08. The van der Waals surface area contributed by atoms with Crippen LogP contribution in [0.25, 0.3) is 0 Å². The van der Waals surface area contributed by atoms with Gasteiger partial charge in [-0.05, 0) is 31.1 Å². The highest BCUT2D eigenvalue weighted by molar-refractivity contribution is 7.81. The van der Waals surface area contributed by atoms with Crippen LogP contribution in [-0.4, -0.2) is 59.4 Å². The number of ether oxygens (including phenoxy) is 1. The van der Waals surface area contributed by atoms with E-state index in [4.69, 9.17) is 10.1 Å². The molecule has 0 amide bonds. The van der Waals surface area contributed by atoms with Crippen molar-refractivity contribution in [2.45, 2.75) is 63.5 Å². The van der Waals surface area contributed by atoms with Gasteiger partial charge in [-0.3, -0.25) is 0 Å². The summed E-state index contributed by atoms with van der Waals surface area (Å²) in [5.41, 5.74) is 0.268. The summed E-state index contributed by atoms with van der Waals surface area (Å²) in [6.07, 6.45) is 0.560. The summed E-state index contributed by atoms with van der Waals surface area (Å²) in [7, 11) is 1.42. The normalized spacial score (nSPS) is 20.0. The number of hydrogen-bond donors (Lipinski definition) is 4. The summed E-state index contributed by atoms with van der Waals surface area (Å²) in [5.74, 6) is -0.675. The molecule has 7 nitrogen and oxygen atoms in total. The molecule has 0 radical (unpaired) electrons. The number of rotatable bonds is 14. The quantitative estimate of drug-likeness (QED) is 0.160. The van der Waals surface area contributed by atoms with Crippen molar-refractivity contribution in [2.24, 2.45) is 22.9 Å². The van der Waals surface area contributed by atoms with Gasteiger partial charge in [0, 0.05) is 18.7 Å². The summed E-state index contributed by atoms with van der Waals surface area (Å²) in [6.45, 7) is 5.43. The van der Waals surface area contributed by atoms with E-state index in [0.717, 1.165) is 6.29 Å². The molecule has 0 spiro atoms. The average Bonchev–Trinajstić information content (AvgIpc) is 2.56. The van der Waals surface area contributed by atoms with E-state index in [1.54, 1.807) is 6.92 Å². The van der Waals surface area contributed by atoms with Crippen molar-refractivity contribution in [1.29, 1.82) is 5.41 Å². The van der Waals surface area contributed by atoms with Gasteiger partial charge in [0.15, 0.2) is 0 Å². The van der Waals surface area contributed by atoms with Crippen LogP contribution in [0, 0.1) is 28.1 Å². The smallest absolute Gasteiger partial charge is 0.141 e. The zero-order valence-corrected chi connectivity index (χ0v) is 16.4. The Morgan fingerprint density at radius 1 is 1.24 bits per heavy atom. The van der Waals surface area contributed by atoms with E-state index in [9.17, 15) is 19.9 Å². The lowest BCUT2D eigenvalue weighted by atomic mass is 9.83. The van der Waals surface area contributed by atoms with Crippen molar-refractivity contribution in [3.8, 4) is 0 Å². The van der Waals surface area contributed by atoms with Crippen molar-refractivity contribution >= 4 is 24.6 Å². The standard InChI is InChI=1S/C17H32N2O5S/c1-10(6-14(25)8-20)5-13(21)7-11(2)16(18)12(3)17(22)15(19-23)9-24-4/h8,10-15,17-18,21-22,25H,5-7,9H2,1-4H3/t10-,11-,12?,13?,14?,15?,17?/m1/s1. The summed E-state index contributed by atoms with van der Waals surface area (Å²) >= 11 is 4.13. The van der Waals surface area contributed by atoms with Gasteiger partial charge in [-0.15, -0.1) is 0 Å². The molecule has 0 heterocycles. The number of aliphatic hydroxyl groups excluding tert-OH is 2. The number of nitrogens with one attached hydrogen (secondary N) is 1. The largest absolute Gasteiger partial charge is 0.393 e. The summed E-state index contributed by atoms with van der Waals surface area (Å²) in [4.78, 5) is 21.4. The maximum Gasteiger partial charge on any atom is 0.141 e. The van der Waals surface area contributed by atoms with E-state index in [-0.39, 0.29) is 29.4 Å². The Bertz CT molecular complexity index is 424. The molecule has 0 bridgehead atoms. The van der Waals surface area contributed by atoms with Crippen LogP contribution < -0.4 is 0 Å². The van der Waals surface area contributed by atoms with Crippen molar-refractivity contribution in [2.75, 3.05) is 13.7 Å². The second-order valence-corrected chi connectivity index (χ2v) is 7.60. The molecule has 5 unspecified atom stereocenters. The number of aliphatic hydroxyl groups is 2. The van der Waals surface area contributed by atoms with Crippen LogP contribution in [0.1, 0.15) is 40.0 Å². The minimum atomic E-state index is -1.10. The lowest BCUT2D eigenvalue weighted by Crippen LogP contribution is -2.39. The number of hydrogen-bond acceptors (Lipinski definition) is 8. The maximum atomic E-state index is 10.8. The third-order valence-electron chi connectivity index (χ3n) is 4.50. The van der Waals surface area contributed by atoms with Crippen LogP contribution >= 0.6 is 12.6 Å². The maximum absolute atomic E-state index is 10.8. The van der Waals surface area contributed by atoms with E-state index in [2.05, 4.69) is 17.8 Å². The molecule has 146 valence electrons. The minimum absolute atomic E-state index is 0.00155. The van der Waals surface area contributed by atoms with Crippen LogP contribution in [0.15, 0.2) is 5.18 Å². The fourth-order valence-electron chi connectivity index (χ4n) is 2.99. The van der Waals surface area contributed by atoms with Crippen LogP contribution in [-0.2, 0) is 9.53 Å². The molecule has 25 heavy (non-hydrogen) atoms. The molecule has 0 aromatic carbocycles. The molecule has 0 aliphatic heterocycles. The number of carbonyl (C=O) groups excluding carboxylic acids is 1. The van der Waals surface area contributed by atoms with E-state index in [1.165, 1.54) is 7.11 Å². The lowest BCUT2D eigenvalue weighted by Gasteiger charge is -2.27. The van der Waals surface area contributed by atoms with Gasteiger partial charge in [0.05, 0.1) is 24.1 Å². The topological polar surface area (TPSA) is 120 Å². The molecule has 0 aliphatic rings. The molecule has 0 saturated carbocycles. The fraction of sp³-hybridized carbons (Fsp3) is 0.882. The average molecular weight is 377 g/mol. The lowest BCUT2D eigenvalue weighted by molar-refractivity contribution is -0.107. The second kappa shape index (κ2) is 12.5. The Morgan fingerprint density at radius 2 is 1.84 bits per heavy atom. The Labute approximate surface area is 155 Å². The van der Waals surface area contributed by atoms with Crippen LogP contribution in [0.5, 0.6) is 0 Å². The third-order valence-corrected chi connectivity index (χ3v) is 4.83. The highest BCUT2D eigenvalue weighted by Crippen LogP contribution is 2.23. The third kappa shape index (κ3) is 8.89. The van der Waals surface area contributed by atoms with Crippen LogP contribution in [0.3, 0.4) is 0 Å². The van der Waals surface area contributed by atoms with Gasteiger partial charge >= 0.3 is 0 Å². The van der Waals surface area contributed by atoms with E-state index >= 15 is 0 Å². The summed E-state index contributed by atoms with van der Waals surface area (Å²) < 4.78 is 4.86. The second-order valence-electron chi connectivity index (χ2n) is 6.93. The van der Waals surface area contributed by atoms with Crippen LogP contribution in [0.2, 0.25) is 0 Å². The molecule has 0 saturated heterocycles. The molecule has 3 N–H and O–H groups in total. The number of aldehydes is 1. The molecule has 0 aromatic rings. The molecule has 7 atom stereocenters. The fourth-order valence-corrected chi connectivity index (χ4v) is 3.35. The highest BCUT2D eigenvalue weighted by Gasteiger charge is 2.31. The van der Waals surface area contributed by atoms with E-state index in [1.807, 2.05) is 13.8 Å². The van der Waals surface area contributed by atoms with Crippen LogP contribution in [0.4, 0.5) is 0 Å². The molecular formula is C17H32N2O5S.